The number of benzene rings is 1. The average Bonchev–Trinajstić information content (AvgIpc) is 3.30. The third kappa shape index (κ3) is 3.36. The van der Waals surface area contributed by atoms with E-state index in [0.29, 0.717) is 44.1 Å². The normalized spacial score (nSPS) is 19.6. The van der Waals surface area contributed by atoms with Crippen LogP contribution in [0.1, 0.15) is 33.6 Å². The Hall–Kier alpha value is -2.84. The van der Waals surface area contributed by atoms with Crippen molar-refractivity contribution in [2.45, 2.75) is 32.1 Å². The quantitative estimate of drug-likeness (QED) is 0.669. The van der Waals surface area contributed by atoms with E-state index in [0.717, 1.165) is 27.6 Å². The number of hydrogen-bond acceptors (Lipinski definition) is 4. The summed E-state index contributed by atoms with van der Waals surface area (Å²) < 4.78 is 29.1. The van der Waals surface area contributed by atoms with Crippen LogP contribution in [0.3, 0.4) is 0 Å². The molecule has 1 amide bonds. The first kappa shape index (κ1) is 19.1. The lowest BCUT2D eigenvalue weighted by atomic mass is 9.99. The van der Waals surface area contributed by atoms with Gasteiger partial charge < -0.3 is 4.57 Å². The summed E-state index contributed by atoms with van der Waals surface area (Å²) in [7, 11) is 0. The standard InChI is InChI=1S/C22H22F2N4O2/c23-16-3-1-14(2-4-16)10-27-12-15(11-26-7-5-17(24)13-26)20-18-6-8-28(30)22(29)21(18)25-9-19(20)27/h1-4,9,12,17,30H,5-8,10-11,13H2/t17-/m0/s1. The first-order valence-electron chi connectivity index (χ1n) is 10.1. The lowest BCUT2D eigenvalue weighted by Crippen LogP contribution is -2.35. The van der Waals surface area contributed by atoms with E-state index in [-0.39, 0.29) is 18.1 Å². The minimum atomic E-state index is -0.808. The van der Waals surface area contributed by atoms with Gasteiger partial charge in [0, 0.05) is 37.8 Å². The van der Waals surface area contributed by atoms with E-state index in [2.05, 4.69) is 9.88 Å². The van der Waals surface area contributed by atoms with E-state index in [1.807, 2.05) is 10.8 Å². The molecule has 0 radical (unpaired) electrons. The summed E-state index contributed by atoms with van der Waals surface area (Å²) in [6.45, 7) is 2.43. The molecule has 1 saturated heterocycles. The highest BCUT2D eigenvalue weighted by atomic mass is 19.1. The van der Waals surface area contributed by atoms with Crippen LogP contribution in [0.4, 0.5) is 8.78 Å². The highest BCUT2D eigenvalue weighted by molar-refractivity contribution is 6.00. The largest absolute Gasteiger partial charge is 0.341 e. The molecule has 3 aromatic rings. The third-order valence-electron chi connectivity index (χ3n) is 5.99. The van der Waals surface area contributed by atoms with Crippen molar-refractivity contribution in [1.82, 2.24) is 19.5 Å². The molecule has 0 spiro atoms. The Kier molecular flexibility index (Phi) is 4.75. The number of carbonyl (C=O) groups is 1. The van der Waals surface area contributed by atoms with Gasteiger partial charge in [-0.15, -0.1) is 0 Å². The first-order chi connectivity index (χ1) is 14.5. The van der Waals surface area contributed by atoms with Gasteiger partial charge in [-0.25, -0.2) is 18.8 Å². The minimum Gasteiger partial charge on any atom is -0.341 e. The van der Waals surface area contributed by atoms with Crippen molar-refractivity contribution in [3.8, 4) is 0 Å². The molecule has 4 heterocycles. The average molecular weight is 412 g/mol. The number of pyridine rings is 1. The Balaban J connectivity index is 1.60. The number of aromatic nitrogens is 2. The van der Waals surface area contributed by atoms with E-state index >= 15 is 0 Å². The number of nitrogens with zero attached hydrogens (tertiary/aromatic N) is 4. The van der Waals surface area contributed by atoms with Crippen LogP contribution in [0.25, 0.3) is 10.9 Å². The first-order valence-corrected chi connectivity index (χ1v) is 10.1. The molecule has 0 unspecified atom stereocenters. The predicted molar refractivity (Wildman–Crippen MR) is 107 cm³/mol. The van der Waals surface area contributed by atoms with E-state index in [1.165, 1.54) is 12.1 Å². The number of alkyl halides is 1. The Morgan fingerprint density at radius 2 is 1.97 bits per heavy atom. The monoisotopic (exact) mass is 412 g/mol. The number of fused-ring (bicyclic) bond motifs is 3. The van der Waals surface area contributed by atoms with Crippen LogP contribution in [0.2, 0.25) is 0 Å². The van der Waals surface area contributed by atoms with E-state index in [4.69, 9.17) is 0 Å². The second-order valence-corrected chi connectivity index (χ2v) is 8.05. The summed E-state index contributed by atoms with van der Waals surface area (Å²) in [5.41, 5.74) is 3.93. The molecule has 30 heavy (non-hydrogen) atoms. The summed E-state index contributed by atoms with van der Waals surface area (Å²) in [6.07, 6.45) is 3.91. The fourth-order valence-corrected chi connectivity index (χ4v) is 4.52. The van der Waals surface area contributed by atoms with Crippen molar-refractivity contribution in [3.63, 3.8) is 0 Å². The van der Waals surface area contributed by atoms with E-state index < -0.39 is 12.1 Å². The summed E-state index contributed by atoms with van der Waals surface area (Å²) >= 11 is 0. The van der Waals surface area contributed by atoms with Crippen molar-refractivity contribution in [1.29, 1.82) is 0 Å². The van der Waals surface area contributed by atoms with Gasteiger partial charge in [-0.05, 0) is 41.7 Å². The molecule has 2 aromatic heterocycles. The molecule has 1 fully saturated rings. The predicted octanol–water partition coefficient (Wildman–Crippen LogP) is 3.16. The molecular formula is C22H22F2N4O2. The maximum absolute atomic E-state index is 13.7. The molecule has 1 atom stereocenters. The Morgan fingerprint density at radius 3 is 2.70 bits per heavy atom. The van der Waals surface area contributed by atoms with Crippen molar-refractivity contribution in [2.24, 2.45) is 0 Å². The summed E-state index contributed by atoms with van der Waals surface area (Å²) in [5.74, 6) is -0.783. The molecule has 0 bridgehead atoms. The van der Waals surface area contributed by atoms with Gasteiger partial charge in [0.25, 0.3) is 5.91 Å². The van der Waals surface area contributed by atoms with Gasteiger partial charge in [-0.1, -0.05) is 12.1 Å². The van der Waals surface area contributed by atoms with Gasteiger partial charge in [0.2, 0.25) is 0 Å². The van der Waals surface area contributed by atoms with Crippen molar-refractivity contribution < 1.29 is 18.8 Å². The molecule has 156 valence electrons. The number of rotatable bonds is 4. The topological polar surface area (TPSA) is 61.6 Å². The fourth-order valence-electron chi connectivity index (χ4n) is 4.52. The van der Waals surface area contributed by atoms with E-state index in [9.17, 15) is 18.8 Å². The number of hydrogen-bond donors (Lipinski definition) is 1. The molecule has 8 heteroatoms. The van der Waals surface area contributed by atoms with Crippen LogP contribution in [-0.4, -0.2) is 56.4 Å². The Morgan fingerprint density at radius 1 is 1.17 bits per heavy atom. The molecule has 1 aromatic carbocycles. The van der Waals surface area contributed by atoms with Gasteiger partial charge in [0.05, 0.1) is 18.3 Å². The SMILES string of the molecule is O=C1c2ncc3c(c(CN4CC[C@H](F)C4)cn3Cc3ccc(F)cc3)c2CCN1O. The van der Waals surface area contributed by atoms with Crippen LogP contribution in [0.5, 0.6) is 0 Å². The third-order valence-corrected chi connectivity index (χ3v) is 5.99. The second kappa shape index (κ2) is 7.45. The lowest BCUT2D eigenvalue weighted by Gasteiger charge is -2.23. The van der Waals surface area contributed by atoms with Crippen LogP contribution in [0.15, 0.2) is 36.7 Å². The molecule has 5 rings (SSSR count). The van der Waals surface area contributed by atoms with E-state index in [1.54, 1.807) is 18.3 Å². The van der Waals surface area contributed by atoms with Crippen LogP contribution in [0, 0.1) is 5.82 Å². The molecular weight excluding hydrogens is 390 g/mol. The molecule has 0 aliphatic carbocycles. The van der Waals surface area contributed by atoms with Gasteiger partial charge in [0.15, 0.2) is 0 Å². The smallest absolute Gasteiger partial charge is 0.296 e. The number of hydroxylamine groups is 2. The van der Waals surface area contributed by atoms with Gasteiger partial charge >= 0.3 is 0 Å². The maximum atomic E-state index is 13.7. The zero-order valence-electron chi connectivity index (χ0n) is 16.4. The lowest BCUT2D eigenvalue weighted by molar-refractivity contribution is -0.0606. The van der Waals surface area contributed by atoms with Gasteiger partial charge in [-0.3, -0.25) is 14.9 Å². The van der Waals surface area contributed by atoms with Crippen LogP contribution < -0.4 is 0 Å². The summed E-state index contributed by atoms with van der Waals surface area (Å²) in [5, 5.41) is 11.5. The maximum Gasteiger partial charge on any atom is 0.296 e. The van der Waals surface area contributed by atoms with Crippen LogP contribution >= 0.6 is 0 Å². The molecule has 2 aliphatic heterocycles. The van der Waals surface area contributed by atoms with Crippen molar-refractivity contribution in [3.05, 3.63) is 64.9 Å². The second-order valence-electron chi connectivity index (χ2n) is 8.05. The van der Waals surface area contributed by atoms with Crippen molar-refractivity contribution >= 4 is 16.8 Å². The molecule has 6 nitrogen and oxygen atoms in total. The summed E-state index contributed by atoms with van der Waals surface area (Å²) in [6, 6.07) is 6.35. The number of carbonyl (C=O) groups excluding carboxylic acids is 1. The number of likely N-dealkylation sites (tertiary alicyclic amines) is 1. The summed E-state index contributed by atoms with van der Waals surface area (Å²) in [4.78, 5) is 18.8. The molecule has 0 saturated carbocycles. The highest BCUT2D eigenvalue weighted by Gasteiger charge is 2.29. The van der Waals surface area contributed by atoms with Gasteiger partial charge in [-0.2, -0.15) is 0 Å². The minimum absolute atomic E-state index is 0.214. The number of amides is 1. The van der Waals surface area contributed by atoms with Crippen LogP contribution in [-0.2, 0) is 19.5 Å². The Bertz CT molecular complexity index is 1110. The molecule has 1 N–H and O–H groups in total. The zero-order chi connectivity index (χ0) is 20.8. The highest BCUT2D eigenvalue weighted by Crippen LogP contribution is 2.32. The zero-order valence-corrected chi connectivity index (χ0v) is 16.4. The Labute approximate surface area is 172 Å². The van der Waals surface area contributed by atoms with Crippen molar-refractivity contribution in [2.75, 3.05) is 19.6 Å². The number of halogens is 2. The van der Waals surface area contributed by atoms with Gasteiger partial charge in [0.1, 0.15) is 17.7 Å². The molecule has 2 aliphatic rings. The fraction of sp³-hybridized carbons (Fsp3) is 0.364.